The molecule has 0 aromatic heterocycles. The number of rotatable bonds is 3. The van der Waals surface area contributed by atoms with Gasteiger partial charge in [-0.1, -0.05) is 19.3 Å². The van der Waals surface area contributed by atoms with E-state index in [4.69, 9.17) is 0 Å². The summed E-state index contributed by atoms with van der Waals surface area (Å²) in [6, 6.07) is 0.423. The number of hydrogen-bond acceptors (Lipinski definition) is 2. The maximum Gasteiger partial charge on any atom is 0.225 e. The fourth-order valence-electron chi connectivity index (χ4n) is 3.55. The van der Waals surface area contributed by atoms with Crippen LogP contribution in [0.2, 0.25) is 0 Å². The minimum absolute atomic E-state index is 0.0249. The largest absolute Gasteiger partial charge is 0.353 e. The first-order chi connectivity index (χ1) is 9.74. The molecular weight excluding hydrogens is 252 g/mol. The lowest BCUT2D eigenvalue weighted by Gasteiger charge is -2.35. The number of carbonyl (C=O) groups excluding carboxylic acids is 2. The summed E-state index contributed by atoms with van der Waals surface area (Å²) >= 11 is 0. The molecule has 20 heavy (non-hydrogen) atoms. The van der Waals surface area contributed by atoms with Gasteiger partial charge in [0.15, 0.2) is 0 Å². The van der Waals surface area contributed by atoms with Crippen molar-refractivity contribution in [2.75, 3.05) is 13.1 Å². The summed E-state index contributed by atoms with van der Waals surface area (Å²) in [5.41, 5.74) is 0. The van der Waals surface area contributed by atoms with Crippen LogP contribution in [0.5, 0.6) is 0 Å². The van der Waals surface area contributed by atoms with E-state index in [2.05, 4.69) is 5.32 Å². The number of likely N-dealkylation sites (tertiary alicyclic amines) is 1. The highest BCUT2D eigenvalue weighted by Crippen LogP contribution is 2.28. The molecule has 0 aromatic rings. The fourth-order valence-corrected chi connectivity index (χ4v) is 3.55. The highest BCUT2D eigenvalue weighted by molar-refractivity contribution is 5.82. The Morgan fingerprint density at radius 2 is 1.55 bits per heavy atom. The van der Waals surface area contributed by atoms with Crippen LogP contribution in [0.15, 0.2) is 0 Å². The van der Waals surface area contributed by atoms with Crippen LogP contribution in [0.3, 0.4) is 0 Å². The van der Waals surface area contributed by atoms with Gasteiger partial charge >= 0.3 is 0 Å². The third-order valence-corrected chi connectivity index (χ3v) is 4.98. The van der Waals surface area contributed by atoms with Gasteiger partial charge in [-0.3, -0.25) is 9.59 Å². The van der Waals surface area contributed by atoms with Crippen molar-refractivity contribution < 1.29 is 9.59 Å². The molecule has 4 nitrogen and oxygen atoms in total. The fraction of sp³-hybridized carbons (Fsp3) is 0.875. The quantitative estimate of drug-likeness (QED) is 0.859. The van der Waals surface area contributed by atoms with Crippen LogP contribution in [0, 0.1) is 11.8 Å². The molecule has 0 aromatic carbocycles. The van der Waals surface area contributed by atoms with E-state index < -0.39 is 0 Å². The number of carbonyl (C=O) groups is 2. The maximum absolute atomic E-state index is 12.6. The molecule has 3 rings (SSSR count). The highest BCUT2D eigenvalue weighted by Gasteiger charge is 2.34. The average Bonchev–Trinajstić information content (AvgIpc) is 3.31. The number of nitrogens with one attached hydrogen (secondary N) is 1. The van der Waals surface area contributed by atoms with E-state index >= 15 is 0 Å². The molecule has 2 amide bonds. The Bertz CT molecular complexity index is 373. The standard InChI is InChI=1S/C16H26N2O2/c19-15(17-14-8-9-14)13-7-4-10-18(11-13)16(20)12-5-2-1-3-6-12/h12-14H,1-11H2,(H,17,19)/t13-/m1/s1. The average molecular weight is 278 g/mol. The summed E-state index contributed by atoms with van der Waals surface area (Å²) in [4.78, 5) is 26.7. The molecule has 0 spiro atoms. The molecular formula is C16H26N2O2. The van der Waals surface area contributed by atoms with Crippen molar-refractivity contribution >= 4 is 11.8 Å². The van der Waals surface area contributed by atoms with Gasteiger partial charge in [0.25, 0.3) is 0 Å². The van der Waals surface area contributed by atoms with Crippen LogP contribution >= 0.6 is 0 Å². The van der Waals surface area contributed by atoms with Crippen molar-refractivity contribution in [3.63, 3.8) is 0 Å². The summed E-state index contributed by atoms with van der Waals surface area (Å²) in [5.74, 6) is 0.744. The van der Waals surface area contributed by atoms with Crippen LogP contribution in [0.1, 0.15) is 57.8 Å². The minimum atomic E-state index is 0.0249. The van der Waals surface area contributed by atoms with E-state index in [1.165, 1.54) is 19.3 Å². The number of hydrogen-bond donors (Lipinski definition) is 1. The predicted molar refractivity (Wildman–Crippen MR) is 77.0 cm³/mol. The predicted octanol–water partition coefficient (Wildman–Crippen LogP) is 2.08. The Hall–Kier alpha value is -1.06. The minimum Gasteiger partial charge on any atom is -0.353 e. The zero-order valence-electron chi connectivity index (χ0n) is 12.3. The molecule has 1 aliphatic heterocycles. The molecule has 4 heteroatoms. The zero-order valence-corrected chi connectivity index (χ0v) is 12.3. The molecule has 1 atom stereocenters. The first kappa shape index (κ1) is 13.9. The summed E-state index contributed by atoms with van der Waals surface area (Å²) in [7, 11) is 0. The van der Waals surface area contributed by atoms with Crippen molar-refractivity contribution in [1.82, 2.24) is 10.2 Å². The summed E-state index contributed by atoms with van der Waals surface area (Å²) in [6.07, 6.45) is 9.92. The second kappa shape index (κ2) is 6.15. The summed E-state index contributed by atoms with van der Waals surface area (Å²) in [6.45, 7) is 1.50. The lowest BCUT2D eigenvalue weighted by Crippen LogP contribution is -2.47. The molecule has 1 N–H and O–H groups in total. The Labute approximate surface area is 121 Å². The molecule has 0 unspecified atom stereocenters. The molecule has 3 fully saturated rings. The van der Waals surface area contributed by atoms with Gasteiger partial charge in [0.1, 0.15) is 0 Å². The Morgan fingerprint density at radius 1 is 0.850 bits per heavy atom. The van der Waals surface area contributed by atoms with Gasteiger partial charge in [-0.25, -0.2) is 0 Å². The van der Waals surface area contributed by atoms with E-state index in [0.717, 1.165) is 45.1 Å². The van der Waals surface area contributed by atoms with Gasteiger partial charge in [-0.15, -0.1) is 0 Å². The van der Waals surface area contributed by atoms with Gasteiger partial charge in [0.2, 0.25) is 11.8 Å². The van der Waals surface area contributed by atoms with Crippen molar-refractivity contribution in [1.29, 1.82) is 0 Å². The second-order valence-electron chi connectivity index (χ2n) is 6.74. The topological polar surface area (TPSA) is 49.4 Å². The van der Waals surface area contributed by atoms with Gasteiger partial charge < -0.3 is 10.2 Å². The normalized spacial score (nSPS) is 28.2. The molecule has 0 radical (unpaired) electrons. The van der Waals surface area contributed by atoms with Crippen LogP contribution < -0.4 is 5.32 Å². The summed E-state index contributed by atoms with van der Waals surface area (Å²) in [5, 5.41) is 3.09. The monoisotopic (exact) mass is 278 g/mol. The van der Waals surface area contributed by atoms with Gasteiger partial charge in [0.05, 0.1) is 5.92 Å². The van der Waals surface area contributed by atoms with Crippen molar-refractivity contribution in [2.45, 2.75) is 63.8 Å². The molecule has 2 saturated carbocycles. The SMILES string of the molecule is O=C(NC1CC1)[C@@H]1CCCN(C(=O)C2CCCCC2)C1. The number of piperidine rings is 1. The second-order valence-corrected chi connectivity index (χ2v) is 6.74. The lowest BCUT2D eigenvalue weighted by molar-refractivity contribution is -0.140. The van der Waals surface area contributed by atoms with Crippen molar-refractivity contribution in [2.24, 2.45) is 11.8 Å². The van der Waals surface area contributed by atoms with Crippen LogP contribution in [0.25, 0.3) is 0 Å². The third-order valence-electron chi connectivity index (χ3n) is 4.98. The summed E-state index contributed by atoms with van der Waals surface area (Å²) < 4.78 is 0. The van der Waals surface area contributed by atoms with E-state index in [-0.39, 0.29) is 17.7 Å². The lowest BCUT2D eigenvalue weighted by atomic mass is 9.87. The molecule has 1 heterocycles. The molecule has 0 bridgehead atoms. The third kappa shape index (κ3) is 3.33. The molecule has 3 aliphatic rings. The molecule has 112 valence electrons. The van der Waals surface area contributed by atoms with Crippen LogP contribution in [-0.2, 0) is 9.59 Å². The van der Waals surface area contributed by atoms with Crippen molar-refractivity contribution in [3.8, 4) is 0 Å². The maximum atomic E-state index is 12.6. The van der Waals surface area contributed by atoms with E-state index in [1.54, 1.807) is 0 Å². The first-order valence-corrected chi connectivity index (χ1v) is 8.33. The van der Waals surface area contributed by atoms with Crippen LogP contribution in [-0.4, -0.2) is 35.8 Å². The zero-order chi connectivity index (χ0) is 13.9. The smallest absolute Gasteiger partial charge is 0.225 e. The molecule has 1 saturated heterocycles. The molecule has 2 aliphatic carbocycles. The Balaban J connectivity index is 1.53. The van der Waals surface area contributed by atoms with Crippen molar-refractivity contribution in [3.05, 3.63) is 0 Å². The first-order valence-electron chi connectivity index (χ1n) is 8.33. The van der Waals surface area contributed by atoms with Crippen LogP contribution in [0.4, 0.5) is 0 Å². The number of nitrogens with zero attached hydrogens (tertiary/aromatic N) is 1. The van der Waals surface area contributed by atoms with Gasteiger partial charge in [-0.05, 0) is 38.5 Å². The van der Waals surface area contributed by atoms with Gasteiger partial charge in [0, 0.05) is 25.0 Å². The van der Waals surface area contributed by atoms with E-state index in [9.17, 15) is 9.59 Å². The van der Waals surface area contributed by atoms with E-state index in [0.29, 0.717) is 18.5 Å². The Morgan fingerprint density at radius 3 is 2.25 bits per heavy atom. The highest BCUT2D eigenvalue weighted by atomic mass is 16.2. The number of amides is 2. The van der Waals surface area contributed by atoms with E-state index in [1.807, 2.05) is 4.90 Å². The van der Waals surface area contributed by atoms with Gasteiger partial charge in [-0.2, -0.15) is 0 Å². The Kier molecular flexibility index (Phi) is 4.27.